The van der Waals surface area contributed by atoms with Crippen molar-refractivity contribution >= 4 is 11.9 Å². The summed E-state index contributed by atoms with van der Waals surface area (Å²) in [6.45, 7) is 0.0777. The maximum absolute atomic E-state index is 11.3. The van der Waals surface area contributed by atoms with E-state index >= 15 is 0 Å². The number of ether oxygens (including phenoxy) is 1. The van der Waals surface area contributed by atoms with Gasteiger partial charge in [-0.05, 0) is 0 Å². The average molecular weight is 210 g/mol. The Morgan fingerprint density at radius 2 is 2.53 bits per heavy atom. The second kappa shape index (κ2) is 3.96. The lowest BCUT2D eigenvalue weighted by Crippen LogP contribution is -2.39. The number of imidazole rings is 1. The summed E-state index contributed by atoms with van der Waals surface area (Å²) in [5.74, 6) is 0.533. The summed E-state index contributed by atoms with van der Waals surface area (Å²) in [5.41, 5.74) is 5.45. The van der Waals surface area contributed by atoms with Crippen LogP contribution >= 0.6 is 0 Å². The molecule has 1 aliphatic heterocycles. The molecule has 0 atom stereocenters. The first kappa shape index (κ1) is 9.46. The number of amidine groups is 1. The molecule has 0 amide bonds. The number of nitrogens with one attached hydrogen (secondary N) is 2. The van der Waals surface area contributed by atoms with Gasteiger partial charge in [0.15, 0.2) is 12.4 Å². The van der Waals surface area contributed by atoms with Crippen molar-refractivity contribution in [1.82, 2.24) is 25.6 Å². The normalized spacial score (nSPS) is 15.4. The van der Waals surface area contributed by atoms with Crippen molar-refractivity contribution in [1.29, 1.82) is 0 Å². The highest BCUT2D eigenvalue weighted by Gasteiger charge is 2.12. The number of rotatable bonds is 2. The lowest BCUT2D eigenvalue weighted by Gasteiger charge is -2.08. The zero-order valence-corrected chi connectivity index (χ0v) is 8.04. The molecule has 0 fully saturated rings. The monoisotopic (exact) mass is 210 g/mol. The van der Waals surface area contributed by atoms with Crippen LogP contribution in [-0.4, -0.2) is 40.3 Å². The Morgan fingerprint density at radius 1 is 1.67 bits per heavy atom. The average Bonchev–Trinajstić information content (AvgIpc) is 2.84. The predicted octanol–water partition coefficient (Wildman–Crippen LogP) is -0.864. The van der Waals surface area contributed by atoms with Crippen LogP contribution in [0.3, 0.4) is 0 Å². The standard InChI is InChI=1S/C7H10N6O2/c1-12-10-6(9-11-12)4-15-7(14)13-3-2-8-5-13/h2-3,5,11H,4H2,1H3,(H,9,10). The van der Waals surface area contributed by atoms with Crippen LogP contribution in [0.4, 0.5) is 4.79 Å². The predicted molar refractivity (Wildman–Crippen MR) is 50.4 cm³/mol. The van der Waals surface area contributed by atoms with E-state index in [0.717, 1.165) is 0 Å². The first-order valence-corrected chi connectivity index (χ1v) is 4.23. The van der Waals surface area contributed by atoms with Gasteiger partial charge in [0, 0.05) is 19.4 Å². The fourth-order valence-electron chi connectivity index (χ4n) is 1.02. The van der Waals surface area contributed by atoms with Crippen LogP contribution < -0.4 is 11.0 Å². The molecule has 1 aromatic rings. The highest BCUT2D eigenvalue weighted by Crippen LogP contribution is 1.92. The van der Waals surface area contributed by atoms with Gasteiger partial charge in [-0.15, -0.1) is 10.2 Å². The van der Waals surface area contributed by atoms with Crippen LogP contribution in [0.15, 0.2) is 23.8 Å². The van der Waals surface area contributed by atoms with Gasteiger partial charge in [-0.25, -0.2) is 19.9 Å². The maximum atomic E-state index is 11.3. The first-order valence-electron chi connectivity index (χ1n) is 4.23. The highest BCUT2D eigenvalue weighted by atomic mass is 16.5. The van der Waals surface area contributed by atoms with Crippen LogP contribution in [0.25, 0.3) is 0 Å². The van der Waals surface area contributed by atoms with Crippen molar-refractivity contribution in [3.05, 3.63) is 18.7 Å². The number of hydrazine groups is 2. The van der Waals surface area contributed by atoms with Crippen molar-refractivity contribution in [2.75, 3.05) is 13.7 Å². The molecule has 8 nitrogen and oxygen atoms in total. The largest absolute Gasteiger partial charge is 0.441 e. The summed E-state index contributed by atoms with van der Waals surface area (Å²) < 4.78 is 6.19. The summed E-state index contributed by atoms with van der Waals surface area (Å²) in [6, 6.07) is 0. The Bertz CT molecular complexity index is 373. The number of hydrogen-bond donors (Lipinski definition) is 2. The summed E-state index contributed by atoms with van der Waals surface area (Å²) in [4.78, 5) is 15.1. The van der Waals surface area contributed by atoms with Gasteiger partial charge in [0.05, 0.1) is 0 Å². The van der Waals surface area contributed by atoms with E-state index < -0.39 is 6.09 Å². The second-order valence-electron chi connectivity index (χ2n) is 2.85. The Morgan fingerprint density at radius 3 is 3.13 bits per heavy atom. The maximum Gasteiger partial charge on any atom is 0.419 e. The Kier molecular flexibility index (Phi) is 2.50. The minimum Gasteiger partial charge on any atom is -0.441 e. The molecular weight excluding hydrogens is 200 g/mol. The number of carbonyl (C=O) groups is 1. The minimum atomic E-state index is -0.494. The van der Waals surface area contributed by atoms with Crippen LogP contribution in [0, 0.1) is 0 Å². The van der Waals surface area contributed by atoms with Crippen molar-refractivity contribution in [3.63, 3.8) is 0 Å². The van der Waals surface area contributed by atoms with Crippen molar-refractivity contribution in [2.45, 2.75) is 0 Å². The van der Waals surface area contributed by atoms with E-state index in [2.05, 4.69) is 21.0 Å². The quantitative estimate of drug-likeness (QED) is 0.660. The first-order chi connectivity index (χ1) is 7.25. The van der Waals surface area contributed by atoms with E-state index in [0.29, 0.717) is 5.84 Å². The third-order valence-corrected chi connectivity index (χ3v) is 1.68. The third-order valence-electron chi connectivity index (χ3n) is 1.68. The van der Waals surface area contributed by atoms with E-state index in [9.17, 15) is 4.79 Å². The van der Waals surface area contributed by atoms with E-state index in [1.165, 1.54) is 23.3 Å². The van der Waals surface area contributed by atoms with Gasteiger partial charge in [0.1, 0.15) is 6.33 Å². The highest BCUT2D eigenvalue weighted by molar-refractivity contribution is 5.85. The number of carbonyl (C=O) groups excluding carboxylic acids is 1. The molecule has 15 heavy (non-hydrogen) atoms. The van der Waals surface area contributed by atoms with Crippen molar-refractivity contribution in [3.8, 4) is 0 Å². The van der Waals surface area contributed by atoms with E-state index in [-0.39, 0.29) is 6.61 Å². The smallest absolute Gasteiger partial charge is 0.419 e. The van der Waals surface area contributed by atoms with E-state index in [4.69, 9.17) is 4.74 Å². The molecule has 0 aliphatic carbocycles. The fourth-order valence-corrected chi connectivity index (χ4v) is 1.02. The summed E-state index contributed by atoms with van der Waals surface area (Å²) >= 11 is 0. The van der Waals surface area contributed by atoms with Crippen LogP contribution in [-0.2, 0) is 4.74 Å². The molecule has 0 radical (unpaired) electrons. The van der Waals surface area contributed by atoms with Crippen LogP contribution in [0.1, 0.15) is 0 Å². The molecule has 0 spiro atoms. The van der Waals surface area contributed by atoms with Gasteiger partial charge in [0.25, 0.3) is 0 Å². The van der Waals surface area contributed by atoms with Gasteiger partial charge < -0.3 is 4.74 Å². The molecule has 2 rings (SSSR count). The van der Waals surface area contributed by atoms with Gasteiger partial charge in [-0.3, -0.25) is 5.43 Å². The molecular formula is C7H10N6O2. The molecule has 8 heteroatoms. The van der Waals surface area contributed by atoms with Crippen LogP contribution in [0.5, 0.6) is 0 Å². The topological polar surface area (TPSA) is 83.8 Å². The summed E-state index contributed by atoms with van der Waals surface area (Å²) in [7, 11) is 1.74. The Labute approximate surface area is 85.5 Å². The van der Waals surface area contributed by atoms with E-state index in [1.54, 1.807) is 12.2 Å². The fraction of sp³-hybridized carbons (Fsp3) is 0.286. The van der Waals surface area contributed by atoms with Gasteiger partial charge >= 0.3 is 6.09 Å². The summed E-state index contributed by atoms with van der Waals surface area (Å²) in [5, 5.41) is 5.39. The summed E-state index contributed by atoms with van der Waals surface area (Å²) in [6.07, 6.45) is 3.89. The van der Waals surface area contributed by atoms with Gasteiger partial charge in [0.2, 0.25) is 0 Å². The molecule has 80 valence electrons. The molecule has 1 aromatic heterocycles. The van der Waals surface area contributed by atoms with E-state index in [1.807, 2.05) is 0 Å². The Balaban J connectivity index is 1.82. The number of hydrogen-bond acceptors (Lipinski definition) is 7. The van der Waals surface area contributed by atoms with Gasteiger partial charge in [-0.2, -0.15) is 0 Å². The lowest BCUT2D eigenvalue weighted by molar-refractivity contribution is 0.161. The van der Waals surface area contributed by atoms with Crippen LogP contribution in [0.2, 0.25) is 0 Å². The molecule has 0 saturated heterocycles. The second-order valence-corrected chi connectivity index (χ2v) is 2.85. The Hall–Kier alpha value is -2.09. The number of hydrazone groups is 1. The molecule has 0 unspecified atom stereocenters. The zero-order chi connectivity index (χ0) is 10.7. The SMILES string of the molecule is CN1NN=C(COC(=O)n2ccnc2)N1. The molecule has 1 aliphatic rings. The number of aromatic nitrogens is 2. The van der Waals surface area contributed by atoms with Crippen molar-refractivity contribution < 1.29 is 9.53 Å². The van der Waals surface area contributed by atoms with Gasteiger partial charge in [-0.1, -0.05) is 0 Å². The molecule has 2 heterocycles. The lowest BCUT2D eigenvalue weighted by atomic mass is 10.6. The molecule has 0 saturated carbocycles. The zero-order valence-electron chi connectivity index (χ0n) is 8.04. The molecule has 0 aromatic carbocycles. The van der Waals surface area contributed by atoms with Crippen molar-refractivity contribution in [2.24, 2.45) is 5.10 Å². The minimum absolute atomic E-state index is 0.0777. The molecule has 2 N–H and O–H groups in total. The number of nitrogens with zero attached hydrogens (tertiary/aromatic N) is 4. The third kappa shape index (κ3) is 2.23. The molecule has 0 bridgehead atoms.